The first-order valence-corrected chi connectivity index (χ1v) is 8.18. The molecule has 0 fully saturated rings. The van der Waals surface area contributed by atoms with Crippen LogP contribution in [-0.2, 0) is 0 Å². The van der Waals surface area contributed by atoms with Crippen molar-refractivity contribution in [2.24, 2.45) is 0 Å². The lowest BCUT2D eigenvalue weighted by Crippen LogP contribution is -2.11. The van der Waals surface area contributed by atoms with E-state index < -0.39 is 10.8 Å². The number of nitro benzene ring substituents is 1. The topological polar surface area (TPSA) is 103 Å². The number of anilines is 1. The van der Waals surface area contributed by atoms with Crippen molar-refractivity contribution in [3.05, 3.63) is 88.2 Å². The molecule has 4 aromatic rings. The summed E-state index contributed by atoms with van der Waals surface area (Å²) in [5.74, 6) is -0.753. The lowest BCUT2D eigenvalue weighted by Gasteiger charge is -2.04. The van der Waals surface area contributed by atoms with Gasteiger partial charge < -0.3 is 5.32 Å². The lowest BCUT2D eigenvalue weighted by molar-refractivity contribution is -0.384. The van der Waals surface area contributed by atoms with Crippen LogP contribution in [0.2, 0.25) is 0 Å². The Kier molecular flexibility index (Phi) is 4.24. The van der Waals surface area contributed by atoms with Crippen molar-refractivity contribution in [2.45, 2.75) is 0 Å². The first-order valence-electron chi connectivity index (χ1n) is 8.18. The van der Waals surface area contributed by atoms with Gasteiger partial charge in [-0.25, -0.2) is 4.39 Å². The standard InChI is InChI=1S/C19H12FN5O3/c20-13-3-8-15(9-4-13)24-22-17-10-5-14(11-18(17)23-24)21-19(26)12-1-6-16(7-2-12)25(27)28/h1-11H,(H,21,26). The fraction of sp³-hybridized carbons (Fsp3) is 0. The molecule has 4 rings (SSSR count). The zero-order valence-electron chi connectivity index (χ0n) is 14.2. The summed E-state index contributed by atoms with van der Waals surface area (Å²) >= 11 is 0. The second-order valence-corrected chi connectivity index (χ2v) is 5.93. The quantitative estimate of drug-likeness (QED) is 0.431. The monoisotopic (exact) mass is 377 g/mol. The Hall–Kier alpha value is -4.14. The number of hydrogen-bond acceptors (Lipinski definition) is 5. The van der Waals surface area contributed by atoms with Crippen molar-refractivity contribution in [2.75, 3.05) is 5.32 Å². The molecule has 1 heterocycles. The van der Waals surface area contributed by atoms with Crippen LogP contribution in [0.15, 0.2) is 66.7 Å². The summed E-state index contributed by atoms with van der Waals surface area (Å²) in [4.78, 5) is 23.9. The molecule has 8 nitrogen and oxygen atoms in total. The van der Waals surface area contributed by atoms with Gasteiger partial charge in [-0.3, -0.25) is 14.9 Å². The average Bonchev–Trinajstić information content (AvgIpc) is 3.12. The number of halogens is 1. The number of carbonyl (C=O) groups excluding carboxylic acids is 1. The summed E-state index contributed by atoms with van der Waals surface area (Å²) in [6, 6.07) is 16.1. The predicted molar refractivity (Wildman–Crippen MR) is 99.9 cm³/mol. The summed E-state index contributed by atoms with van der Waals surface area (Å²) in [7, 11) is 0. The smallest absolute Gasteiger partial charge is 0.269 e. The Morgan fingerprint density at radius 2 is 1.64 bits per heavy atom. The lowest BCUT2D eigenvalue weighted by atomic mass is 10.2. The van der Waals surface area contributed by atoms with E-state index in [1.807, 2.05) is 0 Å². The zero-order chi connectivity index (χ0) is 19.7. The highest BCUT2D eigenvalue weighted by Crippen LogP contribution is 2.19. The SMILES string of the molecule is O=C(Nc1ccc2nn(-c3ccc(F)cc3)nc2c1)c1ccc([N+](=O)[O-])cc1. The van der Waals surface area contributed by atoms with Gasteiger partial charge in [0, 0.05) is 23.4 Å². The van der Waals surface area contributed by atoms with Crippen LogP contribution in [0.25, 0.3) is 16.7 Å². The van der Waals surface area contributed by atoms with Crippen LogP contribution in [0.1, 0.15) is 10.4 Å². The number of aromatic nitrogens is 3. The molecule has 1 amide bonds. The van der Waals surface area contributed by atoms with Crippen LogP contribution >= 0.6 is 0 Å². The molecule has 0 aliphatic heterocycles. The Morgan fingerprint density at radius 1 is 0.964 bits per heavy atom. The van der Waals surface area contributed by atoms with Crippen molar-refractivity contribution in [3.8, 4) is 5.69 Å². The van der Waals surface area contributed by atoms with Gasteiger partial charge in [0.25, 0.3) is 11.6 Å². The molecular weight excluding hydrogens is 365 g/mol. The molecule has 0 spiro atoms. The first-order chi connectivity index (χ1) is 13.5. The van der Waals surface area contributed by atoms with Gasteiger partial charge in [0.05, 0.1) is 10.6 Å². The highest BCUT2D eigenvalue weighted by molar-refractivity contribution is 6.05. The molecule has 1 N–H and O–H groups in total. The number of hydrogen-bond donors (Lipinski definition) is 1. The van der Waals surface area contributed by atoms with Gasteiger partial charge in [-0.1, -0.05) is 0 Å². The van der Waals surface area contributed by atoms with Crippen molar-refractivity contribution >= 4 is 28.3 Å². The van der Waals surface area contributed by atoms with Gasteiger partial charge in [0.1, 0.15) is 16.9 Å². The maximum absolute atomic E-state index is 13.1. The summed E-state index contributed by atoms with van der Waals surface area (Å²) in [5.41, 5.74) is 2.47. The molecule has 0 saturated carbocycles. The third-order valence-corrected chi connectivity index (χ3v) is 4.04. The van der Waals surface area contributed by atoms with Crippen LogP contribution in [0.3, 0.4) is 0 Å². The van der Waals surface area contributed by atoms with Crippen molar-refractivity contribution < 1.29 is 14.1 Å². The molecule has 0 unspecified atom stereocenters. The van der Waals surface area contributed by atoms with E-state index in [1.165, 1.54) is 41.2 Å². The minimum Gasteiger partial charge on any atom is -0.322 e. The Balaban J connectivity index is 1.56. The van der Waals surface area contributed by atoms with Gasteiger partial charge in [-0.2, -0.15) is 4.80 Å². The number of nitro groups is 1. The summed E-state index contributed by atoms with van der Waals surface area (Å²) in [6.07, 6.45) is 0. The number of fused-ring (bicyclic) bond motifs is 1. The Bertz CT molecular complexity index is 1190. The van der Waals surface area contributed by atoms with E-state index in [2.05, 4.69) is 15.5 Å². The van der Waals surface area contributed by atoms with E-state index in [4.69, 9.17) is 0 Å². The second kappa shape index (κ2) is 6.88. The fourth-order valence-electron chi connectivity index (χ4n) is 2.62. The number of amides is 1. The van der Waals surface area contributed by atoms with Gasteiger partial charge >= 0.3 is 0 Å². The molecule has 28 heavy (non-hydrogen) atoms. The molecular formula is C19H12FN5O3. The summed E-state index contributed by atoms with van der Waals surface area (Å²) in [6.45, 7) is 0. The Labute approximate surface area is 157 Å². The third kappa shape index (κ3) is 3.40. The van der Waals surface area contributed by atoms with Crippen LogP contribution in [0, 0.1) is 15.9 Å². The summed E-state index contributed by atoms with van der Waals surface area (Å²) in [5, 5.41) is 22.1. The minimum atomic E-state index is -0.528. The molecule has 0 bridgehead atoms. The third-order valence-electron chi connectivity index (χ3n) is 4.04. The molecule has 0 atom stereocenters. The Morgan fingerprint density at radius 3 is 2.32 bits per heavy atom. The van der Waals surface area contributed by atoms with Crippen molar-refractivity contribution in [3.63, 3.8) is 0 Å². The van der Waals surface area contributed by atoms with Gasteiger partial charge in [0.2, 0.25) is 0 Å². The normalized spacial score (nSPS) is 10.8. The highest BCUT2D eigenvalue weighted by Gasteiger charge is 2.11. The highest BCUT2D eigenvalue weighted by atomic mass is 19.1. The maximum Gasteiger partial charge on any atom is 0.269 e. The first kappa shape index (κ1) is 17.3. The van der Waals surface area contributed by atoms with E-state index in [9.17, 15) is 19.3 Å². The number of benzene rings is 3. The van der Waals surface area contributed by atoms with Crippen LogP contribution in [0.5, 0.6) is 0 Å². The summed E-state index contributed by atoms with van der Waals surface area (Å²) < 4.78 is 13.1. The maximum atomic E-state index is 13.1. The molecule has 1 aromatic heterocycles. The number of rotatable bonds is 4. The second-order valence-electron chi connectivity index (χ2n) is 5.93. The van der Waals surface area contributed by atoms with Crippen molar-refractivity contribution in [1.82, 2.24) is 15.0 Å². The van der Waals surface area contributed by atoms with E-state index in [1.54, 1.807) is 30.3 Å². The molecule has 0 aliphatic rings. The van der Waals surface area contributed by atoms with Gasteiger partial charge in [-0.15, -0.1) is 10.2 Å². The van der Waals surface area contributed by atoms with Crippen LogP contribution < -0.4 is 5.32 Å². The molecule has 3 aromatic carbocycles. The van der Waals surface area contributed by atoms with Crippen LogP contribution in [-0.4, -0.2) is 25.8 Å². The number of carbonyl (C=O) groups is 1. The molecule has 0 radical (unpaired) electrons. The molecule has 0 aliphatic carbocycles. The fourth-order valence-corrected chi connectivity index (χ4v) is 2.62. The van der Waals surface area contributed by atoms with Gasteiger partial charge in [0.15, 0.2) is 0 Å². The van der Waals surface area contributed by atoms with E-state index in [-0.39, 0.29) is 11.5 Å². The molecule has 138 valence electrons. The number of non-ortho nitro benzene ring substituents is 1. The number of nitrogens with one attached hydrogen (secondary N) is 1. The van der Waals surface area contributed by atoms with Gasteiger partial charge in [-0.05, 0) is 54.6 Å². The van der Waals surface area contributed by atoms with Crippen LogP contribution in [0.4, 0.5) is 15.8 Å². The largest absolute Gasteiger partial charge is 0.322 e. The van der Waals surface area contributed by atoms with Crippen molar-refractivity contribution in [1.29, 1.82) is 0 Å². The molecule has 0 saturated heterocycles. The minimum absolute atomic E-state index is 0.0876. The zero-order valence-corrected chi connectivity index (χ0v) is 14.2. The van der Waals surface area contributed by atoms with E-state index in [0.29, 0.717) is 28.0 Å². The number of nitrogens with zero attached hydrogens (tertiary/aromatic N) is 4. The van der Waals surface area contributed by atoms with E-state index in [0.717, 1.165) is 0 Å². The predicted octanol–water partition coefficient (Wildman–Crippen LogP) is 3.72. The van der Waals surface area contributed by atoms with E-state index >= 15 is 0 Å². The average molecular weight is 377 g/mol. The molecule has 9 heteroatoms.